The van der Waals surface area contributed by atoms with Crippen molar-refractivity contribution in [2.24, 2.45) is 5.73 Å². The number of fused-ring (bicyclic) bond motifs is 2. The summed E-state index contributed by atoms with van der Waals surface area (Å²) in [6.45, 7) is 0. The number of primary amides is 1. The molecule has 4 aromatic rings. The van der Waals surface area contributed by atoms with Crippen LogP contribution < -0.4 is 22.3 Å². The first kappa shape index (κ1) is 23.5. The number of benzene rings is 2. The van der Waals surface area contributed by atoms with Crippen molar-refractivity contribution in [1.82, 2.24) is 19.9 Å². The lowest BCUT2D eigenvalue weighted by molar-refractivity contribution is -0.142. The molecule has 2 heterocycles. The lowest BCUT2D eigenvalue weighted by atomic mass is 10.0. The van der Waals surface area contributed by atoms with Gasteiger partial charge in [0.15, 0.2) is 0 Å². The molecule has 0 radical (unpaired) electrons. The molecule has 6 N–H and O–H groups in total. The summed E-state index contributed by atoms with van der Waals surface area (Å²) >= 11 is 0. The Morgan fingerprint density at radius 3 is 2.34 bits per heavy atom. The van der Waals surface area contributed by atoms with Gasteiger partial charge in [-0.3, -0.25) is 14.4 Å². The van der Waals surface area contributed by atoms with Crippen molar-refractivity contribution in [2.45, 2.75) is 31.3 Å². The number of amides is 2. The van der Waals surface area contributed by atoms with E-state index in [1.54, 1.807) is 24.4 Å². The van der Waals surface area contributed by atoms with Gasteiger partial charge in [0.25, 0.3) is 5.56 Å². The van der Waals surface area contributed by atoms with Crippen LogP contribution in [0.4, 0.5) is 0 Å². The van der Waals surface area contributed by atoms with E-state index in [-0.39, 0.29) is 24.6 Å². The molecular formula is C24H23N5O6. The Balaban J connectivity index is 1.80. The first-order chi connectivity index (χ1) is 16.8. The number of aromatic nitrogens is 3. The quantitative estimate of drug-likeness (QED) is 0.238. The zero-order chi connectivity index (χ0) is 25.1. The molecule has 4 rings (SSSR count). The van der Waals surface area contributed by atoms with Crippen molar-refractivity contribution in [2.75, 3.05) is 0 Å². The average molecular weight is 477 g/mol. The molecule has 11 nitrogen and oxygen atoms in total. The Morgan fingerprint density at radius 1 is 1.00 bits per heavy atom. The van der Waals surface area contributed by atoms with Crippen molar-refractivity contribution in [3.05, 3.63) is 81.1 Å². The highest BCUT2D eigenvalue weighted by Crippen LogP contribution is 2.22. The minimum Gasteiger partial charge on any atom is -0.480 e. The summed E-state index contributed by atoms with van der Waals surface area (Å²) < 4.78 is 0.798. The molecule has 0 aliphatic rings. The number of carboxylic acids is 1. The number of rotatable bonds is 9. The second-order valence-electron chi connectivity index (χ2n) is 8.13. The molecular weight excluding hydrogens is 454 g/mol. The van der Waals surface area contributed by atoms with Crippen LogP contribution in [0.3, 0.4) is 0 Å². The van der Waals surface area contributed by atoms with Gasteiger partial charge in [0.1, 0.15) is 12.1 Å². The Labute approximate surface area is 197 Å². The second-order valence-corrected chi connectivity index (χ2v) is 8.13. The number of aliphatic carboxylic acids is 1. The van der Waals surface area contributed by atoms with Crippen molar-refractivity contribution >= 4 is 39.6 Å². The van der Waals surface area contributed by atoms with Crippen molar-refractivity contribution in [1.29, 1.82) is 0 Å². The smallest absolute Gasteiger partial charge is 0.329 e. The highest BCUT2D eigenvalue weighted by atomic mass is 16.4. The maximum absolute atomic E-state index is 13.4. The predicted octanol–water partition coefficient (Wildman–Crippen LogP) is 0.790. The lowest BCUT2D eigenvalue weighted by Crippen LogP contribution is -2.49. The second kappa shape index (κ2) is 9.67. The van der Waals surface area contributed by atoms with E-state index in [0.29, 0.717) is 11.1 Å². The molecule has 35 heavy (non-hydrogen) atoms. The van der Waals surface area contributed by atoms with Gasteiger partial charge in [0, 0.05) is 29.9 Å². The van der Waals surface area contributed by atoms with Crippen LogP contribution in [-0.2, 0) is 20.8 Å². The molecule has 2 atom stereocenters. The minimum atomic E-state index is -1.43. The summed E-state index contributed by atoms with van der Waals surface area (Å²) in [5.41, 5.74) is 5.39. The molecule has 2 aromatic heterocycles. The molecule has 0 saturated heterocycles. The van der Waals surface area contributed by atoms with Crippen molar-refractivity contribution in [3.8, 4) is 0 Å². The molecule has 0 aliphatic heterocycles. The van der Waals surface area contributed by atoms with E-state index in [4.69, 9.17) is 5.73 Å². The van der Waals surface area contributed by atoms with Crippen LogP contribution in [0.5, 0.6) is 0 Å². The van der Waals surface area contributed by atoms with E-state index >= 15 is 0 Å². The van der Waals surface area contributed by atoms with Crippen molar-refractivity contribution in [3.63, 3.8) is 0 Å². The van der Waals surface area contributed by atoms with Gasteiger partial charge in [-0.05, 0) is 30.2 Å². The normalized spacial score (nSPS) is 12.9. The minimum absolute atomic E-state index is 0.0701. The SMILES string of the molecule is NC(=O)CC[C@@H](NC(=O)[C@@H](Cc1c[nH]c2ccccc12)n1c(=O)[nH]c2ccccc2c1=O)C(=O)O. The fourth-order valence-electron chi connectivity index (χ4n) is 4.08. The highest BCUT2D eigenvalue weighted by Gasteiger charge is 2.30. The summed E-state index contributed by atoms with van der Waals surface area (Å²) in [6, 6.07) is 10.9. The van der Waals surface area contributed by atoms with Gasteiger partial charge < -0.3 is 26.1 Å². The van der Waals surface area contributed by atoms with Crippen LogP contribution >= 0.6 is 0 Å². The topological polar surface area (TPSA) is 180 Å². The fourth-order valence-corrected chi connectivity index (χ4v) is 4.08. The van der Waals surface area contributed by atoms with E-state index in [1.807, 2.05) is 24.3 Å². The zero-order valence-corrected chi connectivity index (χ0v) is 18.5. The molecule has 0 unspecified atom stereocenters. The van der Waals surface area contributed by atoms with Crippen LogP contribution in [-0.4, -0.2) is 43.5 Å². The molecule has 0 fully saturated rings. The number of H-pyrrole nitrogens is 2. The third-order valence-electron chi connectivity index (χ3n) is 5.83. The average Bonchev–Trinajstić information content (AvgIpc) is 3.23. The number of nitrogens with zero attached hydrogens (tertiary/aromatic N) is 1. The Bertz CT molecular complexity index is 1550. The van der Waals surface area contributed by atoms with E-state index in [1.165, 1.54) is 6.07 Å². The lowest BCUT2D eigenvalue weighted by Gasteiger charge is -2.21. The Hall–Kier alpha value is -4.67. The summed E-state index contributed by atoms with van der Waals surface area (Å²) in [6.07, 6.45) is 1.10. The number of hydrogen-bond acceptors (Lipinski definition) is 5. The van der Waals surface area contributed by atoms with Crippen LogP contribution in [0.2, 0.25) is 0 Å². The van der Waals surface area contributed by atoms with Crippen LogP contribution in [0.15, 0.2) is 64.3 Å². The first-order valence-electron chi connectivity index (χ1n) is 10.9. The maximum Gasteiger partial charge on any atom is 0.329 e. The van der Waals surface area contributed by atoms with Gasteiger partial charge >= 0.3 is 11.7 Å². The monoisotopic (exact) mass is 477 g/mol. The number of hydrogen-bond donors (Lipinski definition) is 5. The van der Waals surface area contributed by atoms with E-state index in [9.17, 15) is 29.1 Å². The van der Waals surface area contributed by atoms with E-state index in [2.05, 4.69) is 15.3 Å². The fraction of sp³-hybridized carbons (Fsp3) is 0.208. The summed E-state index contributed by atoms with van der Waals surface area (Å²) in [7, 11) is 0. The number of nitrogens with two attached hydrogens (primary N) is 1. The van der Waals surface area contributed by atoms with Gasteiger partial charge in [-0.1, -0.05) is 30.3 Å². The number of para-hydroxylation sites is 2. The van der Waals surface area contributed by atoms with Crippen molar-refractivity contribution < 1.29 is 19.5 Å². The van der Waals surface area contributed by atoms with Crippen LogP contribution in [0.1, 0.15) is 24.4 Å². The molecule has 2 amide bonds. The van der Waals surface area contributed by atoms with Gasteiger partial charge in [-0.2, -0.15) is 0 Å². The third-order valence-corrected chi connectivity index (χ3v) is 5.83. The molecule has 2 aromatic carbocycles. The molecule has 11 heteroatoms. The largest absolute Gasteiger partial charge is 0.480 e. The van der Waals surface area contributed by atoms with Gasteiger partial charge in [0.2, 0.25) is 11.8 Å². The third kappa shape index (κ3) is 4.83. The van der Waals surface area contributed by atoms with Crippen LogP contribution in [0.25, 0.3) is 21.8 Å². The Morgan fingerprint density at radius 2 is 1.66 bits per heavy atom. The number of nitrogens with one attached hydrogen (secondary N) is 3. The summed E-state index contributed by atoms with van der Waals surface area (Å²) in [5, 5.41) is 12.9. The molecule has 180 valence electrons. The molecule has 0 bridgehead atoms. The highest BCUT2D eigenvalue weighted by molar-refractivity contribution is 5.88. The predicted molar refractivity (Wildman–Crippen MR) is 128 cm³/mol. The maximum atomic E-state index is 13.4. The molecule has 0 aliphatic carbocycles. The first-order valence-corrected chi connectivity index (χ1v) is 10.9. The number of aromatic amines is 2. The zero-order valence-electron chi connectivity index (χ0n) is 18.5. The van der Waals surface area contributed by atoms with Gasteiger partial charge in [-0.15, -0.1) is 0 Å². The molecule has 0 spiro atoms. The number of carbonyl (C=O) groups excluding carboxylic acids is 2. The number of carbonyl (C=O) groups is 3. The summed E-state index contributed by atoms with van der Waals surface area (Å²) in [5.74, 6) is -2.94. The van der Waals surface area contributed by atoms with E-state index < -0.39 is 41.1 Å². The van der Waals surface area contributed by atoms with Crippen LogP contribution in [0, 0.1) is 0 Å². The number of carboxylic acid groups (broad SMARTS) is 1. The summed E-state index contributed by atoms with van der Waals surface area (Å²) in [4.78, 5) is 68.2. The standard InChI is InChI=1S/C24H23N5O6/c25-20(30)10-9-18(23(33)34)27-21(31)19(11-13-12-26-16-7-3-1-5-14(13)16)29-22(32)15-6-2-4-8-17(15)28-24(29)35/h1-8,12,18-19,26H,9-11H2,(H2,25,30)(H,27,31)(H,28,35)(H,33,34)/t18-,19-/m1/s1. The van der Waals surface area contributed by atoms with E-state index in [0.717, 1.165) is 15.5 Å². The molecule has 0 saturated carbocycles. The Kier molecular flexibility index (Phi) is 6.49. The van der Waals surface area contributed by atoms with Gasteiger partial charge in [-0.25, -0.2) is 14.2 Å². The van der Waals surface area contributed by atoms with Gasteiger partial charge in [0.05, 0.1) is 10.9 Å².